The highest BCUT2D eigenvalue weighted by atomic mass is 35.5. The predicted octanol–water partition coefficient (Wildman–Crippen LogP) is 9.78. The molecular weight excluding hydrogens is 670 g/mol. The van der Waals surface area contributed by atoms with Crippen LogP contribution in [0.25, 0.3) is 6.08 Å². The van der Waals surface area contributed by atoms with Gasteiger partial charge in [0.1, 0.15) is 30.5 Å². The van der Waals surface area contributed by atoms with Crippen molar-refractivity contribution < 1.29 is 19.0 Å². The van der Waals surface area contributed by atoms with E-state index in [1.807, 2.05) is 36.1 Å². The van der Waals surface area contributed by atoms with E-state index in [0.717, 1.165) is 47.6 Å². The first-order valence-corrected chi connectivity index (χ1v) is 18.2. The largest absolute Gasteiger partial charge is 0.489 e. The molecule has 0 unspecified atom stereocenters. The second-order valence-corrected chi connectivity index (χ2v) is 14.0. The van der Waals surface area contributed by atoms with Gasteiger partial charge in [-0.1, -0.05) is 91.7 Å². The molecule has 0 N–H and O–H groups in total. The molecule has 0 aliphatic carbocycles. The molecule has 0 saturated carbocycles. The quantitative estimate of drug-likeness (QED) is 0.113. The normalized spacial score (nSPS) is 13.5. The number of aromatic nitrogens is 1. The molecule has 52 heavy (non-hydrogen) atoms. The summed E-state index contributed by atoms with van der Waals surface area (Å²) in [6.07, 6.45) is 5.02. The molecule has 0 atom stereocenters. The third kappa shape index (κ3) is 10.2. The van der Waals surface area contributed by atoms with E-state index in [9.17, 15) is 4.79 Å². The van der Waals surface area contributed by atoms with Crippen molar-refractivity contribution in [1.29, 1.82) is 0 Å². The average molecular weight is 716 g/mol. The third-order valence-corrected chi connectivity index (χ3v) is 9.54. The molecule has 1 fully saturated rings. The molecule has 1 aliphatic heterocycles. The lowest BCUT2D eigenvalue weighted by atomic mass is 10.0. The van der Waals surface area contributed by atoms with Crippen molar-refractivity contribution in [3.05, 3.63) is 153 Å². The van der Waals surface area contributed by atoms with Crippen molar-refractivity contribution >= 4 is 23.6 Å². The van der Waals surface area contributed by atoms with Crippen LogP contribution in [0.1, 0.15) is 58.7 Å². The summed E-state index contributed by atoms with van der Waals surface area (Å²) >= 11 is 6.63. The van der Waals surface area contributed by atoms with Gasteiger partial charge in [-0.15, -0.1) is 0 Å². The van der Waals surface area contributed by atoms with E-state index in [0.29, 0.717) is 54.6 Å². The summed E-state index contributed by atoms with van der Waals surface area (Å²) in [5.74, 6) is 3.06. The topological polar surface area (TPSA) is 64.1 Å². The molecule has 1 amide bonds. The van der Waals surface area contributed by atoms with Crippen molar-refractivity contribution in [3.8, 4) is 23.1 Å². The van der Waals surface area contributed by atoms with Gasteiger partial charge < -0.3 is 19.1 Å². The first-order valence-electron chi connectivity index (χ1n) is 17.8. The molecule has 7 nitrogen and oxygen atoms in total. The molecule has 5 aromatic rings. The summed E-state index contributed by atoms with van der Waals surface area (Å²) in [6, 6.07) is 32.4. The van der Waals surface area contributed by atoms with Crippen LogP contribution in [0.2, 0.25) is 5.02 Å². The molecule has 0 bridgehead atoms. The van der Waals surface area contributed by atoms with Crippen molar-refractivity contribution in [3.63, 3.8) is 0 Å². The number of piperazine rings is 1. The molecule has 0 radical (unpaired) electrons. The Morgan fingerprint density at radius 2 is 1.40 bits per heavy atom. The van der Waals surface area contributed by atoms with Gasteiger partial charge in [0.15, 0.2) is 0 Å². The van der Waals surface area contributed by atoms with Gasteiger partial charge in [-0.3, -0.25) is 9.69 Å². The minimum Gasteiger partial charge on any atom is -0.489 e. The number of ether oxygens (including phenoxy) is 3. The molecule has 2 heterocycles. The van der Waals surface area contributed by atoms with E-state index in [1.165, 1.54) is 16.7 Å². The molecule has 4 aromatic carbocycles. The second-order valence-electron chi connectivity index (χ2n) is 13.6. The zero-order valence-corrected chi connectivity index (χ0v) is 31.1. The number of nitrogens with zero attached hydrogens (tertiary/aromatic N) is 3. The summed E-state index contributed by atoms with van der Waals surface area (Å²) in [5.41, 5.74) is 7.63. The fourth-order valence-corrected chi connectivity index (χ4v) is 6.12. The van der Waals surface area contributed by atoms with Crippen LogP contribution < -0.4 is 14.2 Å². The highest BCUT2D eigenvalue weighted by Crippen LogP contribution is 2.31. The molecule has 6 rings (SSSR count). The Kier molecular flexibility index (Phi) is 12.3. The van der Waals surface area contributed by atoms with Gasteiger partial charge in [0.2, 0.25) is 11.8 Å². The highest BCUT2D eigenvalue weighted by Gasteiger charge is 2.20. The van der Waals surface area contributed by atoms with Gasteiger partial charge >= 0.3 is 0 Å². The lowest BCUT2D eigenvalue weighted by Crippen LogP contribution is -2.47. The van der Waals surface area contributed by atoms with E-state index in [-0.39, 0.29) is 5.91 Å². The summed E-state index contributed by atoms with van der Waals surface area (Å²) in [7, 11) is 0. The highest BCUT2D eigenvalue weighted by molar-refractivity contribution is 6.32. The molecule has 268 valence electrons. The first-order chi connectivity index (χ1) is 25.2. The average Bonchev–Trinajstić information content (AvgIpc) is 3.16. The lowest BCUT2D eigenvalue weighted by molar-refractivity contribution is -0.127. The Balaban J connectivity index is 0.937. The summed E-state index contributed by atoms with van der Waals surface area (Å²) in [4.78, 5) is 21.7. The van der Waals surface area contributed by atoms with Gasteiger partial charge in [0.25, 0.3) is 0 Å². The van der Waals surface area contributed by atoms with Gasteiger partial charge in [-0.05, 0) is 83.5 Å². The molecule has 1 aliphatic rings. The van der Waals surface area contributed by atoms with Gasteiger partial charge in [-0.2, -0.15) is 0 Å². The van der Waals surface area contributed by atoms with Crippen LogP contribution >= 0.6 is 11.6 Å². The van der Waals surface area contributed by atoms with Crippen molar-refractivity contribution in [1.82, 2.24) is 14.8 Å². The van der Waals surface area contributed by atoms with Crippen LogP contribution in [-0.4, -0.2) is 46.9 Å². The van der Waals surface area contributed by atoms with E-state index >= 15 is 0 Å². The molecule has 8 heteroatoms. The molecular formula is C44H46ClN3O4. The van der Waals surface area contributed by atoms with Gasteiger partial charge in [-0.25, -0.2) is 4.98 Å². The fourth-order valence-electron chi connectivity index (χ4n) is 5.91. The summed E-state index contributed by atoms with van der Waals surface area (Å²) in [6.45, 7) is 13.2. The zero-order valence-electron chi connectivity index (χ0n) is 30.3. The maximum Gasteiger partial charge on any atom is 0.246 e. The number of hydrogen-bond acceptors (Lipinski definition) is 6. The number of aryl methyl sites for hydroxylation is 2. The number of pyridine rings is 1. The van der Waals surface area contributed by atoms with Crippen LogP contribution in [-0.2, 0) is 24.6 Å². The fraction of sp³-hybridized carbons (Fsp3) is 0.273. The van der Waals surface area contributed by atoms with E-state index < -0.39 is 0 Å². The number of carbonyl (C=O) groups is 1. The lowest BCUT2D eigenvalue weighted by Gasteiger charge is -2.34. The number of rotatable bonds is 13. The van der Waals surface area contributed by atoms with Gasteiger partial charge in [0, 0.05) is 50.9 Å². The third-order valence-electron chi connectivity index (χ3n) is 9.21. The van der Waals surface area contributed by atoms with Crippen molar-refractivity contribution in [2.24, 2.45) is 0 Å². The number of benzene rings is 4. The Hall–Kier alpha value is -5.11. The molecule has 1 saturated heterocycles. The van der Waals surface area contributed by atoms with Crippen molar-refractivity contribution in [2.75, 3.05) is 26.2 Å². The maximum absolute atomic E-state index is 13.1. The van der Waals surface area contributed by atoms with Crippen LogP contribution in [0.5, 0.6) is 23.1 Å². The van der Waals surface area contributed by atoms with Crippen LogP contribution in [0.15, 0.2) is 109 Å². The zero-order chi connectivity index (χ0) is 36.5. The summed E-state index contributed by atoms with van der Waals surface area (Å²) in [5, 5.41) is 0.491. The molecule has 1 aromatic heterocycles. The Labute approximate surface area is 312 Å². The minimum atomic E-state index is -0.0224. The predicted molar refractivity (Wildman–Crippen MR) is 208 cm³/mol. The minimum absolute atomic E-state index is 0.0224. The smallest absolute Gasteiger partial charge is 0.246 e. The summed E-state index contributed by atoms with van der Waals surface area (Å²) < 4.78 is 17.9. The van der Waals surface area contributed by atoms with Crippen LogP contribution in [0.3, 0.4) is 0 Å². The number of hydrogen-bond donors (Lipinski definition) is 0. The Bertz CT molecular complexity index is 1950. The van der Waals surface area contributed by atoms with Crippen LogP contribution in [0, 0.1) is 13.8 Å². The van der Waals surface area contributed by atoms with E-state index in [1.54, 1.807) is 30.5 Å². The van der Waals surface area contributed by atoms with Crippen LogP contribution in [0.4, 0.5) is 0 Å². The van der Waals surface area contributed by atoms with E-state index in [2.05, 4.69) is 91.3 Å². The number of carbonyl (C=O) groups excluding carboxylic acids is 1. The van der Waals surface area contributed by atoms with Crippen molar-refractivity contribution in [2.45, 2.75) is 53.4 Å². The standard InChI is InChI=1S/C44H46ClN3O4/c1-31(2)37-13-16-39(17-14-37)50-29-36-11-9-34(10-12-36)28-47-21-23-48(24-22-47)44(49)20-15-38-25-33(4)42(26-41(38)45)52-43-19-18-40(27-46-43)51-30-35-7-5-32(3)6-8-35/h5-20,25-27,31H,21-24,28-30H2,1-4H3. The number of halogens is 1. The maximum atomic E-state index is 13.1. The number of amides is 1. The first kappa shape index (κ1) is 36.7. The Morgan fingerprint density at radius 1 is 0.788 bits per heavy atom. The molecule has 0 spiro atoms. The van der Waals surface area contributed by atoms with Gasteiger partial charge in [0.05, 0.1) is 11.2 Å². The Morgan fingerprint density at radius 3 is 2.04 bits per heavy atom. The monoisotopic (exact) mass is 715 g/mol. The SMILES string of the molecule is Cc1ccc(COc2ccc(Oc3cc(Cl)c(C=CC(=O)N4CCN(Cc5ccc(COc6ccc(C(C)C)cc6)cc5)CC4)cc3C)nc2)cc1. The van der Waals surface area contributed by atoms with E-state index in [4.69, 9.17) is 25.8 Å². The second kappa shape index (κ2) is 17.4.